The molecule has 2 rings (SSSR count). The van der Waals surface area contributed by atoms with E-state index < -0.39 is 0 Å². The van der Waals surface area contributed by atoms with E-state index in [4.69, 9.17) is 23.2 Å². The second kappa shape index (κ2) is 4.33. The fourth-order valence-corrected chi connectivity index (χ4v) is 1.79. The molecule has 0 saturated heterocycles. The molecule has 0 atom stereocenters. The van der Waals surface area contributed by atoms with Crippen molar-refractivity contribution in [2.45, 2.75) is 26.3 Å². The molecule has 80 valence electrons. The Morgan fingerprint density at radius 2 is 2.13 bits per heavy atom. The number of unbranched alkanes of at least 4 members (excludes halogenated alkanes) is 1. The first kappa shape index (κ1) is 10.6. The molecule has 0 aromatic carbocycles. The van der Waals surface area contributed by atoms with E-state index in [0.717, 1.165) is 24.8 Å². The topological polar surface area (TPSA) is 43.6 Å². The van der Waals surface area contributed by atoms with Gasteiger partial charge in [-0.2, -0.15) is 10.1 Å². The lowest BCUT2D eigenvalue weighted by Gasteiger charge is -2.01. The summed E-state index contributed by atoms with van der Waals surface area (Å²) in [6.45, 7) is 2.95. The van der Waals surface area contributed by atoms with Gasteiger partial charge in [-0.1, -0.05) is 24.9 Å². The number of hydrogen-bond acceptors (Lipinski definition) is 3. The van der Waals surface area contributed by atoms with E-state index in [1.54, 1.807) is 10.9 Å². The van der Waals surface area contributed by atoms with E-state index in [9.17, 15) is 0 Å². The van der Waals surface area contributed by atoms with Gasteiger partial charge in [0.25, 0.3) is 0 Å². The fraction of sp³-hybridized carbons (Fsp3) is 0.444. The normalized spacial score (nSPS) is 11.1. The molecule has 0 aliphatic heterocycles. The first-order valence-corrected chi connectivity index (χ1v) is 5.52. The van der Waals surface area contributed by atoms with Gasteiger partial charge in [0, 0.05) is 6.54 Å². The smallest absolute Gasteiger partial charge is 0.225 e. The molecule has 0 bridgehead atoms. The van der Waals surface area contributed by atoms with Crippen LogP contribution in [0.25, 0.3) is 11.0 Å². The van der Waals surface area contributed by atoms with Gasteiger partial charge in [-0.15, -0.1) is 0 Å². The molecule has 6 heteroatoms. The van der Waals surface area contributed by atoms with Crippen LogP contribution < -0.4 is 0 Å². The Morgan fingerprint density at radius 3 is 2.87 bits per heavy atom. The van der Waals surface area contributed by atoms with Gasteiger partial charge in [-0.25, -0.2) is 9.67 Å². The van der Waals surface area contributed by atoms with Crippen molar-refractivity contribution in [3.63, 3.8) is 0 Å². The monoisotopic (exact) mass is 244 g/mol. The summed E-state index contributed by atoms with van der Waals surface area (Å²) in [4.78, 5) is 7.98. The Morgan fingerprint density at radius 1 is 1.33 bits per heavy atom. The van der Waals surface area contributed by atoms with Gasteiger partial charge in [0.15, 0.2) is 5.65 Å². The van der Waals surface area contributed by atoms with Crippen LogP contribution >= 0.6 is 23.2 Å². The first-order chi connectivity index (χ1) is 7.22. The van der Waals surface area contributed by atoms with E-state index in [1.807, 2.05) is 0 Å². The van der Waals surface area contributed by atoms with Gasteiger partial charge in [0.2, 0.25) is 5.28 Å². The number of aryl methyl sites for hydroxylation is 1. The van der Waals surface area contributed by atoms with Gasteiger partial charge in [-0.05, 0) is 18.0 Å². The molecular formula is C9H10Cl2N4. The molecular weight excluding hydrogens is 235 g/mol. The molecule has 0 aliphatic carbocycles. The van der Waals surface area contributed by atoms with Crippen LogP contribution in [0.3, 0.4) is 0 Å². The van der Waals surface area contributed by atoms with E-state index in [1.165, 1.54) is 0 Å². The first-order valence-electron chi connectivity index (χ1n) is 4.77. The van der Waals surface area contributed by atoms with Gasteiger partial charge in [0.05, 0.1) is 11.6 Å². The number of fused-ring (bicyclic) bond motifs is 1. The number of halogens is 2. The highest BCUT2D eigenvalue weighted by Crippen LogP contribution is 2.21. The maximum atomic E-state index is 5.92. The molecule has 15 heavy (non-hydrogen) atoms. The maximum absolute atomic E-state index is 5.92. The van der Waals surface area contributed by atoms with E-state index in [2.05, 4.69) is 22.0 Å². The van der Waals surface area contributed by atoms with Gasteiger partial charge >= 0.3 is 0 Å². The van der Waals surface area contributed by atoms with Crippen molar-refractivity contribution >= 4 is 34.2 Å². The van der Waals surface area contributed by atoms with Crippen molar-refractivity contribution < 1.29 is 0 Å². The lowest BCUT2D eigenvalue weighted by atomic mass is 10.3. The Labute approximate surface area is 97.2 Å². The predicted molar refractivity (Wildman–Crippen MR) is 60.3 cm³/mol. The second-order valence-corrected chi connectivity index (χ2v) is 3.94. The lowest BCUT2D eigenvalue weighted by molar-refractivity contribution is 0.584. The van der Waals surface area contributed by atoms with Gasteiger partial charge < -0.3 is 0 Å². The average Bonchev–Trinajstić information content (AvgIpc) is 2.58. The van der Waals surface area contributed by atoms with Crippen LogP contribution in [0.1, 0.15) is 19.8 Å². The molecule has 2 heterocycles. The van der Waals surface area contributed by atoms with Crippen LogP contribution in [0.15, 0.2) is 6.20 Å². The molecule has 0 spiro atoms. The summed E-state index contributed by atoms with van der Waals surface area (Å²) in [6, 6.07) is 0. The molecule has 2 aromatic rings. The van der Waals surface area contributed by atoms with Crippen molar-refractivity contribution in [2.75, 3.05) is 0 Å². The molecule has 0 radical (unpaired) electrons. The van der Waals surface area contributed by atoms with E-state index >= 15 is 0 Å². The zero-order valence-corrected chi connectivity index (χ0v) is 9.76. The quantitative estimate of drug-likeness (QED) is 0.616. The van der Waals surface area contributed by atoms with Crippen molar-refractivity contribution in [3.8, 4) is 0 Å². The van der Waals surface area contributed by atoms with Crippen molar-refractivity contribution in [2.24, 2.45) is 0 Å². The lowest BCUT2D eigenvalue weighted by Crippen LogP contribution is -2.01. The molecule has 0 N–H and O–H groups in total. The molecule has 0 aliphatic rings. The summed E-state index contributed by atoms with van der Waals surface area (Å²) in [6.07, 6.45) is 3.83. The minimum absolute atomic E-state index is 0.158. The average molecular weight is 245 g/mol. The minimum atomic E-state index is 0.158. The van der Waals surface area contributed by atoms with Crippen molar-refractivity contribution in [1.29, 1.82) is 0 Å². The zero-order chi connectivity index (χ0) is 10.8. The van der Waals surface area contributed by atoms with E-state index in [-0.39, 0.29) is 5.28 Å². The van der Waals surface area contributed by atoms with Crippen LogP contribution in [-0.2, 0) is 6.54 Å². The van der Waals surface area contributed by atoms with Crippen molar-refractivity contribution in [1.82, 2.24) is 19.7 Å². The molecule has 2 aromatic heterocycles. The number of aromatic nitrogens is 4. The van der Waals surface area contributed by atoms with Crippen LogP contribution in [0.5, 0.6) is 0 Å². The molecule has 0 amide bonds. The maximum Gasteiger partial charge on any atom is 0.225 e. The summed E-state index contributed by atoms with van der Waals surface area (Å²) in [5.74, 6) is 0. The van der Waals surface area contributed by atoms with E-state index in [0.29, 0.717) is 10.8 Å². The third-order valence-electron chi connectivity index (χ3n) is 2.15. The second-order valence-electron chi connectivity index (χ2n) is 3.24. The van der Waals surface area contributed by atoms with Crippen molar-refractivity contribution in [3.05, 3.63) is 16.6 Å². The highest BCUT2D eigenvalue weighted by atomic mass is 35.5. The highest BCUT2D eigenvalue weighted by Gasteiger charge is 2.09. The Bertz CT molecular complexity index is 480. The Kier molecular flexibility index (Phi) is 3.07. The van der Waals surface area contributed by atoms with Crippen LogP contribution in [0, 0.1) is 0 Å². The van der Waals surface area contributed by atoms with Crippen LogP contribution in [0.4, 0.5) is 0 Å². The third kappa shape index (κ3) is 2.06. The highest BCUT2D eigenvalue weighted by molar-refractivity contribution is 6.35. The molecule has 0 saturated carbocycles. The number of hydrogen-bond donors (Lipinski definition) is 0. The number of rotatable bonds is 3. The number of nitrogens with zero attached hydrogens (tertiary/aromatic N) is 4. The molecule has 4 nitrogen and oxygen atoms in total. The summed E-state index contributed by atoms with van der Waals surface area (Å²) in [5, 5.41) is 5.47. The largest absolute Gasteiger partial charge is 0.247 e. The standard InChI is InChI=1S/C9H10Cl2N4/c1-2-3-4-15-8-6(5-12-15)7(10)13-9(11)14-8/h5H,2-4H2,1H3. The summed E-state index contributed by atoms with van der Waals surface area (Å²) >= 11 is 11.7. The molecule has 0 fully saturated rings. The van der Waals surface area contributed by atoms with Gasteiger partial charge in [0.1, 0.15) is 5.15 Å². The van der Waals surface area contributed by atoms with Crippen LogP contribution in [-0.4, -0.2) is 19.7 Å². The van der Waals surface area contributed by atoms with Crippen LogP contribution in [0.2, 0.25) is 10.4 Å². The summed E-state index contributed by atoms with van der Waals surface area (Å²) in [5.41, 5.74) is 0.702. The minimum Gasteiger partial charge on any atom is -0.247 e. The summed E-state index contributed by atoms with van der Waals surface area (Å²) in [7, 11) is 0. The Hall–Kier alpha value is -0.870. The fourth-order valence-electron chi connectivity index (χ4n) is 1.37. The predicted octanol–water partition coefficient (Wildman–Crippen LogP) is 2.93. The molecule has 0 unspecified atom stereocenters. The van der Waals surface area contributed by atoms with Gasteiger partial charge in [-0.3, -0.25) is 0 Å². The Balaban J connectivity index is 2.49. The SMILES string of the molecule is CCCCn1ncc2c(Cl)nc(Cl)nc21. The zero-order valence-electron chi connectivity index (χ0n) is 8.24. The summed E-state index contributed by atoms with van der Waals surface area (Å²) < 4.78 is 1.80. The third-order valence-corrected chi connectivity index (χ3v) is 2.60.